The molecule has 2 aliphatic rings. The molecule has 2 bridgehead atoms. The smallest absolute Gasteiger partial charge is 0.0414 e. The number of rotatable bonds is 0. The predicted octanol–water partition coefficient (Wildman–Crippen LogP) is 7.66. The number of fused-ring (bicyclic) bond motifs is 4. The van der Waals surface area contributed by atoms with Crippen LogP contribution in [0.2, 0.25) is 0 Å². The van der Waals surface area contributed by atoms with E-state index < -0.39 is 0 Å². The fourth-order valence-corrected chi connectivity index (χ4v) is 4.71. The SMILES string of the molecule is C1CCCCC2CCCCCCCCC(CCC1)CCC2. The molecule has 124 valence electrons. The van der Waals surface area contributed by atoms with E-state index in [1.807, 2.05) is 0 Å². The first-order valence-electron chi connectivity index (χ1n) is 10.4. The van der Waals surface area contributed by atoms with Gasteiger partial charge in [-0.25, -0.2) is 0 Å². The van der Waals surface area contributed by atoms with Crippen LogP contribution in [-0.2, 0) is 0 Å². The molecule has 0 amide bonds. The lowest BCUT2D eigenvalue weighted by Gasteiger charge is -2.19. The molecule has 0 saturated heterocycles. The van der Waals surface area contributed by atoms with E-state index in [4.69, 9.17) is 0 Å². The van der Waals surface area contributed by atoms with Gasteiger partial charge in [-0.05, 0) is 11.8 Å². The van der Waals surface area contributed by atoms with E-state index >= 15 is 0 Å². The van der Waals surface area contributed by atoms with Gasteiger partial charge < -0.3 is 0 Å². The zero-order chi connectivity index (χ0) is 14.6. The molecule has 2 fully saturated rings. The van der Waals surface area contributed by atoms with E-state index in [1.165, 1.54) is 83.5 Å². The fraction of sp³-hybridized carbons (Fsp3) is 1.00. The lowest BCUT2D eigenvalue weighted by atomic mass is 9.87. The highest BCUT2D eigenvalue weighted by Gasteiger charge is 2.14. The second-order valence-corrected chi connectivity index (χ2v) is 8.06. The fourth-order valence-electron chi connectivity index (χ4n) is 4.71. The van der Waals surface area contributed by atoms with Gasteiger partial charge in [-0.3, -0.25) is 0 Å². The Morgan fingerprint density at radius 1 is 0.238 bits per heavy atom. The van der Waals surface area contributed by atoms with Crippen LogP contribution in [0.3, 0.4) is 0 Å². The Hall–Kier alpha value is 0. The summed E-state index contributed by atoms with van der Waals surface area (Å²) in [7, 11) is 0. The Morgan fingerprint density at radius 2 is 0.476 bits per heavy atom. The van der Waals surface area contributed by atoms with Crippen LogP contribution in [0.25, 0.3) is 0 Å². The molecule has 0 N–H and O–H groups in total. The third-order valence-electron chi connectivity index (χ3n) is 6.17. The summed E-state index contributed by atoms with van der Waals surface area (Å²) in [4.78, 5) is 0. The number of hydrogen-bond donors (Lipinski definition) is 0. The van der Waals surface area contributed by atoms with Crippen molar-refractivity contribution in [1.82, 2.24) is 0 Å². The third-order valence-corrected chi connectivity index (χ3v) is 6.17. The molecule has 0 aromatic heterocycles. The van der Waals surface area contributed by atoms with Gasteiger partial charge in [-0.1, -0.05) is 122 Å². The third kappa shape index (κ3) is 8.27. The van der Waals surface area contributed by atoms with E-state index in [9.17, 15) is 0 Å². The monoisotopic (exact) mass is 292 g/mol. The average molecular weight is 293 g/mol. The quantitative estimate of drug-likeness (QED) is 0.430. The summed E-state index contributed by atoms with van der Waals surface area (Å²) in [5.41, 5.74) is 0. The van der Waals surface area contributed by atoms with Crippen LogP contribution >= 0.6 is 0 Å². The molecule has 0 heterocycles. The van der Waals surface area contributed by atoms with E-state index in [0.29, 0.717) is 0 Å². The molecule has 21 heavy (non-hydrogen) atoms. The van der Waals surface area contributed by atoms with Gasteiger partial charge in [0, 0.05) is 0 Å². The Morgan fingerprint density at radius 3 is 0.810 bits per heavy atom. The zero-order valence-electron chi connectivity index (χ0n) is 14.6. The van der Waals surface area contributed by atoms with Crippen molar-refractivity contribution in [2.24, 2.45) is 11.8 Å². The van der Waals surface area contributed by atoms with Crippen LogP contribution in [0.5, 0.6) is 0 Å². The van der Waals surface area contributed by atoms with E-state index in [1.54, 1.807) is 38.5 Å². The van der Waals surface area contributed by atoms with Gasteiger partial charge in [0.05, 0.1) is 0 Å². The second kappa shape index (κ2) is 11.6. The molecule has 2 aliphatic carbocycles. The molecule has 0 aromatic carbocycles. The highest BCUT2D eigenvalue weighted by atomic mass is 14.2. The molecule has 0 unspecified atom stereocenters. The van der Waals surface area contributed by atoms with Crippen LogP contribution in [0.4, 0.5) is 0 Å². The summed E-state index contributed by atoms with van der Waals surface area (Å²) < 4.78 is 0. The minimum atomic E-state index is 1.08. The zero-order valence-corrected chi connectivity index (χ0v) is 14.6. The normalized spacial score (nSPS) is 32.0. The molecule has 0 aromatic rings. The van der Waals surface area contributed by atoms with Crippen molar-refractivity contribution in [3.05, 3.63) is 0 Å². The summed E-state index contributed by atoms with van der Waals surface area (Å²) in [5, 5.41) is 0. The van der Waals surface area contributed by atoms with Crippen molar-refractivity contribution < 1.29 is 0 Å². The van der Waals surface area contributed by atoms with Gasteiger partial charge in [0.2, 0.25) is 0 Å². The molecule has 0 atom stereocenters. The lowest BCUT2D eigenvalue weighted by Crippen LogP contribution is -2.04. The van der Waals surface area contributed by atoms with Crippen molar-refractivity contribution in [2.45, 2.75) is 122 Å². The van der Waals surface area contributed by atoms with Crippen molar-refractivity contribution in [3.63, 3.8) is 0 Å². The molecule has 0 aliphatic heterocycles. The van der Waals surface area contributed by atoms with E-state index in [-0.39, 0.29) is 0 Å². The first-order chi connectivity index (χ1) is 10.4. The van der Waals surface area contributed by atoms with Crippen molar-refractivity contribution in [2.75, 3.05) is 0 Å². The maximum Gasteiger partial charge on any atom is -0.0414 e. The van der Waals surface area contributed by atoms with Gasteiger partial charge in [-0.15, -0.1) is 0 Å². The first kappa shape index (κ1) is 17.4. The van der Waals surface area contributed by atoms with Crippen LogP contribution < -0.4 is 0 Å². The second-order valence-electron chi connectivity index (χ2n) is 8.06. The predicted molar refractivity (Wildman–Crippen MR) is 94.7 cm³/mol. The topological polar surface area (TPSA) is 0 Å². The summed E-state index contributed by atoms with van der Waals surface area (Å²) in [6.45, 7) is 0. The van der Waals surface area contributed by atoms with Crippen LogP contribution in [-0.4, -0.2) is 0 Å². The number of hydrogen-bond acceptors (Lipinski definition) is 0. The van der Waals surface area contributed by atoms with Crippen molar-refractivity contribution >= 4 is 0 Å². The molecule has 0 nitrogen and oxygen atoms in total. The standard InChI is InChI=1S/C21H40/c1-2-6-10-15-21-17-12-8-4-3-7-11-16-20(14-9-5-1)18-13-19-21/h20-21H,1-19H2. The van der Waals surface area contributed by atoms with Crippen molar-refractivity contribution in [1.29, 1.82) is 0 Å². The Balaban J connectivity index is 1.87. The Kier molecular flexibility index (Phi) is 9.55. The Labute approximate surface area is 134 Å². The highest BCUT2D eigenvalue weighted by molar-refractivity contribution is 4.67. The van der Waals surface area contributed by atoms with Crippen LogP contribution in [0.1, 0.15) is 122 Å². The summed E-state index contributed by atoms with van der Waals surface area (Å²) >= 11 is 0. The first-order valence-corrected chi connectivity index (χ1v) is 10.4. The maximum absolute atomic E-state index is 1.55. The molecule has 0 spiro atoms. The lowest BCUT2D eigenvalue weighted by molar-refractivity contribution is 0.339. The molecule has 0 heteroatoms. The van der Waals surface area contributed by atoms with Gasteiger partial charge in [0.1, 0.15) is 0 Å². The summed E-state index contributed by atoms with van der Waals surface area (Å²) in [6.07, 6.45) is 29.0. The molecule has 2 saturated carbocycles. The van der Waals surface area contributed by atoms with Crippen LogP contribution in [0.15, 0.2) is 0 Å². The molecule has 0 radical (unpaired) electrons. The molecular formula is C21H40. The molecule has 2 rings (SSSR count). The maximum atomic E-state index is 1.55. The summed E-state index contributed by atoms with van der Waals surface area (Å²) in [6, 6.07) is 0. The van der Waals surface area contributed by atoms with Gasteiger partial charge >= 0.3 is 0 Å². The summed E-state index contributed by atoms with van der Waals surface area (Å²) in [5.74, 6) is 2.15. The molecular weight excluding hydrogens is 252 g/mol. The highest BCUT2D eigenvalue weighted by Crippen LogP contribution is 2.29. The van der Waals surface area contributed by atoms with Gasteiger partial charge in [-0.2, -0.15) is 0 Å². The van der Waals surface area contributed by atoms with Gasteiger partial charge in [0.25, 0.3) is 0 Å². The van der Waals surface area contributed by atoms with Crippen molar-refractivity contribution in [3.8, 4) is 0 Å². The van der Waals surface area contributed by atoms with E-state index in [0.717, 1.165) is 11.8 Å². The largest absolute Gasteiger partial charge is 0.0533 e. The average Bonchev–Trinajstić information content (AvgIpc) is 2.53. The minimum Gasteiger partial charge on any atom is -0.0533 e. The Bertz CT molecular complexity index is 188. The van der Waals surface area contributed by atoms with Gasteiger partial charge in [0.15, 0.2) is 0 Å². The van der Waals surface area contributed by atoms with Crippen LogP contribution in [0, 0.1) is 11.8 Å². The van der Waals surface area contributed by atoms with E-state index in [2.05, 4.69) is 0 Å². The minimum absolute atomic E-state index is 1.08.